The van der Waals surface area contributed by atoms with E-state index < -0.39 is 0 Å². The van der Waals surface area contributed by atoms with Crippen LogP contribution < -0.4 is 10.2 Å². The van der Waals surface area contributed by atoms with Gasteiger partial charge in [-0.1, -0.05) is 36.4 Å². The van der Waals surface area contributed by atoms with E-state index in [-0.39, 0.29) is 6.03 Å². The van der Waals surface area contributed by atoms with Crippen LogP contribution in [0.5, 0.6) is 0 Å². The van der Waals surface area contributed by atoms with Crippen molar-refractivity contribution in [2.45, 2.75) is 0 Å². The zero-order chi connectivity index (χ0) is 13.5. The third kappa shape index (κ3) is 3.73. The first-order valence-electron chi connectivity index (χ1n) is 6.06. The Morgan fingerprint density at radius 3 is 2.16 bits per heavy atom. The van der Waals surface area contributed by atoms with Crippen LogP contribution in [0.3, 0.4) is 0 Å². The van der Waals surface area contributed by atoms with Gasteiger partial charge in [-0.05, 0) is 24.3 Å². The standard InChI is InChI=1S/C15H15ClN2O/c16-11-12-18(14-9-5-2-6-10-14)15(19)17-13-7-3-1-4-8-13/h1-10H,11-12H2,(H,17,19). The van der Waals surface area contributed by atoms with Gasteiger partial charge in [0.25, 0.3) is 0 Å². The largest absolute Gasteiger partial charge is 0.326 e. The molecule has 2 aromatic rings. The maximum Gasteiger partial charge on any atom is 0.326 e. The van der Waals surface area contributed by atoms with Crippen LogP contribution in [0.25, 0.3) is 0 Å². The molecule has 0 unspecified atom stereocenters. The minimum absolute atomic E-state index is 0.182. The molecule has 0 saturated carbocycles. The van der Waals surface area contributed by atoms with Crippen molar-refractivity contribution in [1.82, 2.24) is 0 Å². The lowest BCUT2D eigenvalue weighted by Crippen LogP contribution is -2.36. The molecule has 1 N–H and O–H groups in total. The van der Waals surface area contributed by atoms with E-state index in [1.54, 1.807) is 4.90 Å². The number of hydrogen-bond acceptors (Lipinski definition) is 1. The third-order valence-electron chi connectivity index (χ3n) is 2.65. The van der Waals surface area contributed by atoms with E-state index in [4.69, 9.17) is 11.6 Å². The molecule has 2 aromatic carbocycles. The summed E-state index contributed by atoms with van der Waals surface area (Å²) in [5.74, 6) is 0.386. The predicted molar refractivity (Wildman–Crippen MR) is 80.0 cm³/mol. The molecule has 0 aliphatic rings. The van der Waals surface area contributed by atoms with Crippen LogP contribution >= 0.6 is 11.6 Å². The number of amides is 2. The number of benzene rings is 2. The third-order valence-corrected chi connectivity index (χ3v) is 2.82. The van der Waals surface area contributed by atoms with Gasteiger partial charge in [0.1, 0.15) is 0 Å². The summed E-state index contributed by atoms with van der Waals surface area (Å²) < 4.78 is 0. The Morgan fingerprint density at radius 2 is 1.58 bits per heavy atom. The van der Waals surface area contributed by atoms with Crippen LogP contribution in [0.15, 0.2) is 60.7 Å². The molecular formula is C15H15ClN2O. The molecule has 98 valence electrons. The first-order chi connectivity index (χ1) is 9.31. The second-order valence-corrected chi connectivity index (χ2v) is 4.35. The van der Waals surface area contributed by atoms with Crippen molar-refractivity contribution >= 4 is 29.0 Å². The van der Waals surface area contributed by atoms with E-state index in [9.17, 15) is 4.79 Å². The number of nitrogens with one attached hydrogen (secondary N) is 1. The second-order valence-electron chi connectivity index (χ2n) is 3.97. The summed E-state index contributed by atoms with van der Waals surface area (Å²) in [6, 6.07) is 18.7. The minimum Gasteiger partial charge on any atom is -0.308 e. The quantitative estimate of drug-likeness (QED) is 0.841. The van der Waals surface area contributed by atoms with Gasteiger partial charge < -0.3 is 5.32 Å². The molecule has 0 bridgehead atoms. The smallest absolute Gasteiger partial charge is 0.308 e. The molecule has 0 saturated heterocycles. The molecule has 0 aliphatic carbocycles. The number of hydrogen-bond donors (Lipinski definition) is 1. The van der Waals surface area contributed by atoms with Gasteiger partial charge in [0, 0.05) is 23.8 Å². The number of anilines is 2. The van der Waals surface area contributed by atoms with Crippen LogP contribution in [0.4, 0.5) is 16.2 Å². The Morgan fingerprint density at radius 1 is 1.00 bits per heavy atom. The van der Waals surface area contributed by atoms with Crippen molar-refractivity contribution in [2.24, 2.45) is 0 Å². The van der Waals surface area contributed by atoms with E-state index in [1.165, 1.54) is 0 Å². The highest BCUT2D eigenvalue weighted by Crippen LogP contribution is 2.15. The minimum atomic E-state index is -0.182. The molecule has 2 rings (SSSR count). The zero-order valence-corrected chi connectivity index (χ0v) is 11.2. The first-order valence-corrected chi connectivity index (χ1v) is 6.59. The molecule has 3 nitrogen and oxygen atoms in total. The average Bonchev–Trinajstić information content (AvgIpc) is 2.46. The summed E-state index contributed by atoms with van der Waals surface area (Å²) in [5.41, 5.74) is 1.60. The molecule has 0 aliphatic heterocycles. The van der Waals surface area contributed by atoms with E-state index in [0.717, 1.165) is 11.4 Å². The average molecular weight is 275 g/mol. The molecule has 2 amide bonds. The fourth-order valence-electron chi connectivity index (χ4n) is 1.75. The van der Waals surface area contributed by atoms with Crippen molar-refractivity contribution in [3.63, 3.8) is 0 Å². The first kappa shape index (κ1) is 13.4. The number of nitrogens with zero attached hydrogens (tertiary/aromatic N) is 1. The van der Waals surface area contributed by atoms with Crippen molar-refractivity contribution in [2.75, 3.05) is 22.6 Å². The number of rotatable bonds is 4. The number of carbonyl (C=O) groups is 1. The van der Waals surface area contributed by atoms with E-state index >= 15 is 0 Å². The summed E-state index contributed by atoms with van der Waals surface area (Å²) >= 11 is 5.77. The van der Waals surface area contributed by atoms with Gasteiger partial charge in [-0.3, -0.25) is 4.90 Å². The van der Waals surface area contributed by atoms with E-state index in [2.05, 4.69) is 5.32 Å². The van der Waals surface area contributed by atoms with Gasteiger partial charge in [-0.15, -0.1) is 11.6 Å². The molecule has 0 radical (unpaired) electrons. The van der Waals surface area contributed by atoms with Crippen LogP contribution in [0.1, 0.15) is 0 Å². The lowest BCUT2D eigenvalue weighted by Gasteiger charge is -2.22. The summed E-state index contributed by atoms with van der Waals surface area (Å²) in [7, 11) is 0. The number of halogens is 1. The predicted octanol–water partition coefficient (Wildman–Crippen LogP) is 3.96. The summed E-state index contributed by atoms with van der Waals surface area (Å²) in [6.07, 6.45) is 0. The Labute approximate surface area is 117 Å². The topological polar surface area (TPSA) is 32.3 Å². The van der Waals surface area contributed by atoms with Crippen LogP contribution in [0, 0.1) is 0 Å². The number of carbonyl (C=O) groups excluding carboxylic acids is 1. The lowest BCUT2D eigenvalue weighted by atomic mass is 10.3. The lowest BCUT2D eigenvalue weighted by molar-refractivity contribution is 0.257. The SMILES string of the molecule is O=C(Nc1ccccc1)N(CCCl)c1ccccc1. The maximum atomic E-state index is 12.3. The Bertz CT molecular complexity index is 516. The van der Waals surface area contributed by atoms with Crippen LogP contribution in [-0.2, 0) is 0 Å². The molecule has 0 aromatic heterocycles. The molecule has 0 spiro atoms. The normalized spacial score (nSPS) is 9.95. The summed E-state index contributed by atoms with van der Waals surface area (Å²) in [5, 5.41) is 2.85. The molecule has 0 fully saturated rings. The molecule has 4 heteroatoms. The van der Waals surface area contributed by atoms with Crippen molar-refractivity contribution in [3.8, 4) is 0 Å². The van der Waals surface area contributed by atoms with Crippen molar-refractivity contribution in [1.29, 1.82) is 0 Å². The second kappa shape index (κ2) is 6.81. The molecular weight excluding hydrogens is 260 g/mol. The van der Waals surface area contributed by atoms with Gasteiger partial charge in [0.15, 0.2) is 0 Å². The zero-order valence-electron chi connectivity index (χ0n) is 10.4. The van der Waals surface area contributed by atoms with E-state index in [0.29, 0.717) is 12.4 Å². The van der Waals surface area contributed by atoms with E-state index in [1.807, 2.05) is 60.7 Å². The van der Waals surface area contributed by atoms with Crippen molar-refractivity contribution < 1.29 is 4.79 Å². The Balaban J connectivity index is 2.13. The fraction of sp³-hybridized carbons (Fsp3) is 0.133. The van der Waals surface area contributed by atoms with Crippen LogP contribution in [0.2, 0.25) is 0 Å². The monoisotopic (exact) mass is 274 g/mol. The summed E-state index contributed by atoms with van der Waals surface area (Å²) in [6.45, 7) is 0.463. The highest BCUT2D eigenvalue weighted by Gasteiger charge is 2.14. The highest BCUT2D eigenvalue weighted by molar-refractivity contribution is 6.18. The van der Waals surface area contributed by atoms with Crippen LogP contribution in [-0.4, -0.2) is 18.5 Å². The van der Waals surface area contributed by atoms with Gasteiger partial charge in [0.2, 0.25) is 0 Å². The van der Waals surface area contributed by atoms with Crippen molar-refractivity contribution in [3.05, 3.63) is 60.7 Å². The Kier molecular flexibility index (Phi) is 4.81. The number of urea groups is 1. The summed E-state index contributed by atoms with van der Waals surface area (Å²) in [4.78, 5) is 13.9. The number of para-hydroxylation sites is 2. The molecule has 0 heterocycles. The maximum absolute atomic E-state index is 12.3. The van der Waals surface area contributed by atoms with Gasteiger partial charge in [0.05, 0.1) is 0 Å². The molecule has 0 atom stereocenters. The van der Waals surface area contributed by atoms with Gasteiger partial charge in [-0.2, -0.15) is 0 Å². The Hall–Kier alpha value is -2.00. The number of alkyl halides is 1. The fourth-order valence-corrected chi connectivity index (χ4v) is 1.92. The van der Waals surface area contributed by atoms with Gasteiger partial charge in [-0.25, -0.2) is 4.79 Å². The highest BCUT2D eigenvalue weighted by atomic mass is 35.5. The molecule has 19 heavy (non-hydrogen) atoms. The van der Waals surface area contributed by atoms with Gasteiger partial charge >= 0.3 is 6.03 Å².